The van der Waals surface area contributed by atoms with Crippen LogP contribution in [0.3, 0.4) is 0 Å². The first kappa shape index (κ1) is 26.7. The van der Waals surface area contributed by atoms with Crippen molar-refractivity contribution in [2.24, 2.45) is 10.8 Å². The molecule has 0 amide bonds. The van der Waals surface area contributed by atoms with E-state index in [1.54, 1.807) is 20.8 Å². The van der Waals surface area contributed by atoms with E-state index in [2.05, 4.69) is 11.7 Å². The van der Waals surface area contributed by atoms with Crippen LogP contribution in [-0.2, 0) is 19.1 Å². The molecular weight excluding hydrogens is 373 g/mol. The highest BCUT2D eigenvalue weighted by molar-refractivity contribution is 5.76. The highest BCUT2D eigenvalue weighted by Crippen LogP contribution is 2.38. The first-order chi connectivity index (χ1) is 12.6. The summed E-state index contributed by atoms with van der Waals surface area (Å²) in [6, 6.07) is 0. The van der Waals surface area contributed by atoms with Crippen molar-refractivity contribution >= 4 is 11.9 Å². The average Bonchev–Trinajstić information content (AvgIpc) is 3.08. The van der Waals surface area contributed by atoms with Gasteiger partial charge in [0.15, 0.2) is 6.61 Å². The number of halogens is 3. The van der Waals surface area contributed by atoms with Crippen molar-refractivity contribution in [3.05, 3.63) is 0 Å². The van der Waals surface area contributed by atoms with E-state index in [0.29, 0.717) is 6.42 Å². The number of ether oxygens (including phenoxy) is 2. The quantitative estimate of drug-likeness (QED) is 0.468. The fourth-order valence-corrected chi connectivity index (χ4v) is 2.51. The summed E-state index contributed by atoms with van der Waals surface area (Å²) in [7, 11) is 0. The third-order valence-corrected chi connectivity index (χ3v) is 5.71. The molecule has 0 aromatic carbocycles. The number of carbonyl (C=O) groups is 2. The molecule has 1 saturated carbocycles. The van der Waals surface area contributed by atoms with Crippen molar-refractivity contribution in [1.82, 2.24) is 0 Å². The van der Waals surface area contributed by atoms with E-state index in [1.807, 2.05) is 20.8 Å². The van der Waals surface area contributed by atoms with Crippen LogP contribution in [0.2, 0.25) is 0 Å². The molecule has 0 aromatic rings. The van der Waals surface area contributed by atoms with Crippen molar-refractivity contribution in [1.29, 1.82) is 0 Å². The Morgan fingerprint density at radius 2 is 1.29 bits per heavy atom. The van der Waals surface area contributed by atoms with Crippen molar-refractivity contribution in [3.63, 3.8) is 0 Å². The van der Waals surface area contributed by atoms with Crippen LogP contribution in [0.1, 0.15) is 93.4 Å². The number of alkyl halides is 3. The van der Waals surface area contributed by atoms with Crippen LogP contribution in [0.4, 0.5) is 13.2 Å². The topological polar surface area (TPSA) is 52.6 Å². The summed E-state index contributed by atoms with van der Waals surface area (Å²) in [5.41, 5.74) is -1.31. The predicted octanol–water partition coefficient (Wildman–Crippen LogP) is 6.22. The first-order valence-electron chi connectivity index (χ1n) is 10.1. The van der Waals surface area contributed by atoms with Gasteiger partial charge in [-0.05, 0) is 72.6 Å². The van der Waals surface area contributed by atoms with Gasteiger partial charge in [-0.25, -0.2) is 0 Å². The lowest BCUT2D eigenvalue weighted by molar-refractivity contribution is -0.192. The first-order valence-corrected chi connectivity index (χ1v) is 10.1. The maximum absolute atomic E-state index is 12.0. The molecular formula is C21H37F3O4. The lowest BCUT2D eigenvalue weighted by atomic mass is 9.89. The number of hydrogen-bond acceptors (Lipinski definition) is 4. The lowest BCUT2D eigenvalue weighted by Crippen LogP contribution is -2.37. The van der Waals surface area contributed by atoms with E-state index in [-0.39, 0.29) is 17.0 Å². The Kier molecular flexibility index (Phi) is 10.0. The Morgan fingerprint density at radius 3 is 1.64 bits per heavy atom. The maximum atomic E-state index is 12.0. The average molecular weight is 411 g/mol. The minimum Gasteiger partial charge on any atom is -0.459 e. The summed E-state index contributed by atoms with van der Waals surface area (Å²) in [6.45, 7) is 11.4. The third kappa shape index (κ3) is 8.82. The highest BCUT2D eigenvalue weighted by atomic mass is 19.4. The van der Waals surface area contributed by atoms with E-state index in [4.69, 9.17) is 4.74 Å². The maximum Gasteiger partial charge on any atom is 0.422 e. The van der Waals surface area contributed by atoms with Crippen LogP contribution in [0.25, 0.3) is 0 Å². The Morgan fingerprint density at radius 1 is 0.857 bits per heavy atom. The molecule has 1 aliphatic rings. The Hall–Kier alpha value is -1.27. The molecule has 0 atom stereocenters. The minimum absolute atomic E-state index is 0.0197. The van der Waals surface area contributed by atoms with Gasteiger partial charge >= 0.3 is 18.1 Å². The molecule has 7 heteroatoms. The molecule has 28 heavy (non-hydrogen) atoms. The predicted molar refractivity (Wildman–Crippen MR) is 103 cm³/mol. The monoisotopic (exact) mass is 410 g/mol. The van der Waals surface area contributed by atoms with Gasteiger partial charge in [-0.2, -0.15) is 13.2 Å². The van der Waals surface area contributed by atoms with Gasteiger partial charge in [0.2, 0.25) is 0 Å². The molecule has 0 heterocycles. The smallest absolute Gasteiger partial charge is 0.422 e. The lowest BCUT2D eigenvalue weighted by Gasteiger charge is -2.32. The normalized spacial score (nSPS) is 16.8. The number of rotatable bonds is 7. The third-order valence-electron chi connectivity index (χ3n) is 5.71. The fourth-order valence-electron chi connectivity index (χ4n) is 2.51. The zero-order valence-corrected chi connectivity index (χ0v) is 18.4. The molecule has 166 valence electrons. The molecule has 1 rings (SSSR count). The van der Waals surface area contributed by atoms with Crippen LogP contribution in [-0.4, -0.2) is 30.3 Å². The molecule has 0 N–H and O–H groups in total. The molecule has 1 fully saturated rings. The van der Waals surface area contributed by atoms with Crippen molar-refractivity contribution in [3.8, 4) is 0 Å². The van der Waals surface area contributed by atoms with Crippen LogP contribution in [0.15, 0.2) is 0 Å². The second kappa shape index (κ2) is 10.5. The second-order valence-electron chi connectivity index (χ2n) is 8.80. The van der Waals surface area contributed by atoms with Gasteiger partial charge in [0.1, 0.15) is 5.60 Å². The highest BCUT2D eigenvalue weighted by Gasteiger charge is 2.39. The largest absolute Gasteiger partial charge is 0.459 e. The van der Waals surface area contributed by atoms with Gasteiger partial charge in [0, 0.05) is 0 Å². The Labute approximate surface area is 167 Å². The molecule has 0 saturated heterocycles. The van der Waals surface area contributed by atoms with E-state index < -0.39 is 24.2 Å². The van der Waals surface area contributed by atoms with Gasteiger partial charge in [0.05, 0.1) is 10.8 Å². The molecule has 1 aliphatic carbocycles. The molecule has 0 aliphatic heterocycles. The molecule has 0 bridgehead atoms. The summed E-state index contributed by atoms with van der Waals surface area (Å²) in [5.74, 6) is -0.832. The minimum atomic E-state index is -4.44. The van der Waals surface area contributed by atoms with Crippen LogP contribution < -0.4 is 0 Å². The zero-order valence-electron chi connectivity index (χ0n) is 18.4. The molecule has 0 aromatic heterocycles. The van der Waals surface area contributed by atoms with Crippen LogP contribution in [0.5, 0.6) is 0 Å². The summed E-state index contributed by atoms with van der Waals surface area (Å²) in [5, 5.41) is 0. The van der Waals surface area contributed by atoms with E-state index in [0.717, 1.165) is 25.7 Å². The number of esters is 2. The molecule has 0 spiro atoms. The van der Waals surface area contributed by atoms with Gasteiger partial charge < -0.3 is 9.47 Å². The fraction of sp³-hybridized carbons (Fsp3) is 0.905. The molecule has 4 nitrogen and oxygen atoms in total. The number of carbonyl (C=O) groups excluding carboxylic acids is 2. The Bertz CT molecular complexity index is 504. The Balaban J connectivity index is 0.000000528. The summed E-state index contributed by atoms with van der Waals surface area (Å²) >= 11 is 0. The van der Waals surface area contributed by atoms with Crippen molar-refractivity contribution in [2.45, 2.75) is 105 Å². The van der Waals surface area contributed by atoms with Crippen LogP contribution in [0, 0.1) is 10.8 Å². The van der Waals surface area contributed by atoms with Crippen molar-refractivity contribution < 1.29 is 32.2 Å². The molecule has 0 unspecified atom stereocenters. The summed E-state index contributed by atoms with van der Waals surface area (Å²) in [6.07, 6.45) is 2.30. The second-order valence-corrected chi connectivity index (χ2v) is 8.80. The van der Waals surface area contributed by atoms with E-state index >= 15 is 0 Å². The van der Waals surface area contributed by atoms with E-state index in [9.17, 15) is 22.8 Å². The van der Waals surface area contributed by atoms with Crippen molar-refractivity contribution in [2.75, 3.05) is 6.61 Å². The molecule has 0 radical (unpaired) electrons. The standard InChI is InChI=1S/C13H24O2.C8H13F3O2/c1-5-12(3,4)11(14)15-13(6-2)9-7-8-10-13;1-4-7(2,3)6(12)13-5-8(9,10)11/h5-10H2,1-4H3;4-5H2,1-3H3. The summed E-state index contributed by atoms with van der Waals surface area (Å²) < 4.78 is 44.8. The van der Waals surface area contributed by atoms with Gasteiger partial charge in [-0.15, -0.1) is 0 Å². The van der Waals surface area contributed by atoms with Crippen LogP contribution >= 0.6 is 0 Å². The SMILES string of the molecule is CCC(C)(C)C(=O)OCC(F)(F)F.CCC1(OC(=O)C(C)(C)CC)CCCC1. The van der Waals surface area contributed by atoms with Gasteiger partial charge in [-0.3, -0.25) is 9.59 Å². The van der Waals surface area contributed by atoms with Gasteiger partial charge in [-0.1, -0.05) is 20.8 Å². The number of hydrogen-bond donors (Lipinski definition) is 0. The van der Waals surface area contributed by atoms with E-state index in [1.165, 1.54) is 12.8 Å². The zero-order chi connectivity index (χ0) is 22.2. The summed E-state index contributed by atoms with van der Waals surface area (Å²) in [4.78, 5) is 23.0. The van der Waals surface area contributed by atoms with Gasteiger partial charge in [0.25, 0.3) is 0 Å².